The summed E-state index contributed by atoms with van der Waals surface area (Å²) < 4.78 is 4.71. The maximum Gasteiger partial charge on any atom is 0.0495 e. The SMILES string of the molecule is Cn1c2c(c3ccccc31)C(c1cccc3c1c1ccccc1n3C)=CCC2. The van der Waals surface area contributed by atoms with Gasteiger partial charge in [-0.05, 0) is 42.2 Å². The molecule has 136 valence electrons. The van der Waals surface area contributed by atoms with Gasteiger partial charge >= 0.3 is 0 Å². The minimum absolute atomic E-state index is 1.09. The first-order chi connectivity index (χ1) is 13.8. The molecule has 1 aliphatic carbocycles. The van der Waals surface area contributed by atoms with Crippen LogP contribution < -0.4 is 0 Å². The van der Waals surface area contributed by atoms with Gasteiger partial charge in [-0.15, -0.1) is 0 Å². The van der Waals surface area contributed by atoms with Crippen molar-refractivity contribution in [2.75, 3.05) is 0 Å². The minimum Gasteiger partial charge on any atom is -0.347 e. The average molecular weight is 362 g/mol. The zero-order chi connectivity index (χ0) is 18.8. The second-order valence-corrected chi connectivity index (χ2v) is 7.83. The van der Waals surface area contributed by atoms with Crippen molar-refractivity contribution in [1.29, 1.82) is 0 Å². The molecule has 0 N–H and O–H groups in total. The highest BCUT2D eigenvalue weighted by atomic mass is 15.0. The molecule has 2 heterocycles. The second-order valence-electron chi connectivity index (χ2n) is 7.83. The predicted octanol–water partition coefficient (Wildman–Crippen LogP) is 6.20. The lowest BCUT2D eigenvalue weighted by molar-refractivity contribution is 0.821. The molecule has 1 aliphatic rings. The molecule has 28 heavy (non-hydrogen) atoms. The highest BCUT2D eigenvalue weighted by Crippen LogP contribution is 2.42. The number of benzene rings is 3. The molecule has 5 aromatic rings. The Hall–Kier alpha value is -3.26. The van der Waals surface area contributed by atoms with Crippen LogP contribution in [0.25, 0.3) is 38.3 Å². The second kappa shape index (κ2) is 5.62. The first kappa shape index (κ1) is 15.8. The summed E-state index contributed by atoms with van der Waals surface area (Å²) in [5, 5.41) is 4.07. The highest BCUT2D eigenvalue weighted by Gasteiger charge is 2.24. The van der Waals surface area contributed by atoms with Crippen molar-refractivity contribution in [3.63, 3.8) is 0 Å². The third-order valence-electron chi connectivity index (χ3n) is 6.46. The van der Waals surface area contributed by atoms with Crippen molar-refractivity contribution < 1.29 is 0 Å². The van der Waals surface area contributed by atoms with Crippen LogP contribution in [0, 0.1) is 0 Å². The Kier molecular flexibility index (Phi) is 3.16. The van der Waals surface area contributed by atoms with E-state index in [2.05, 4.69) is 96.0 Å². The van der Waals surface area contributed by atoms with Gasteiger partial charge in [0.05, 0.1) is 0 Å². The van der Waals surface area contributed by atoms with Gasteiger partial charge in [0, 0.05) is 58.1 Å². The van der Waals surface area contributed by atoms with Crippen molar-refractivity contribution >= 4 is 38.3 Å². The standard InChI is InChI=1S/C26H22N2/c1-27-21-13-5-3-9-19(21)25-17(11-7-15-23(25)27)18-12-8-16-24-26(18)20-10-4-6-14-22(20)28(24)2/h3-7,9-15H,8,16H2,1-2H3. The van der Waals surface area contributed by atoms with Crippen molar-refractivity contribution in [1.82, 2.24) is 9.13 Å². The molecule has 0 amide bonds. The predicted molar refractivity (Wildman–Crippen MR) is 119 cm³/mol. The number of aromatic nitrogens is 2. The molecular weight excluding hydrogens is 340 g/mol. The summed E-state index contributed by atoms with van der Waals surface area (Å²) in [6, 6.07) is 24.3. The first-order valence-corrected chi connectivity index (χ1v) is 9.99. The van der Waals surface area contributed by atoms with Crippen molar-refractivity contribution in [3.8, 4) is 0 Å². The van der Waals surface area contributed by atoms with Crippen LogP contribution in [0.15, 0.2) is 72.8 Å². The molecule has 0 saturated heterocycles. The van der Waals surface area contributed by atoms with Crippen molar-refractivity contribution in [3.05, 3.63) is 89.6 Å². The summed E-state index contributed by atoms with van der Waals surface area (Å²) in [5.41, 5.74) is 9.53. The molecule has 3 aromatic carbocycles. The van der Waals surface area contributed by atoms with Gasteiger partial charge in [0.25, 0.3) is 0 Å². The summed E-state index contributed by atoms with van der Waals surface area (Å²) in [6.45, 7) is 0. The molecule has 0 unspecified atom stereocenters. The van der Waals surface area contributed by atoms with Crippen molar-refractivity contribution in [2.45, 2.75) is 12.8 Å². The maximum atomic E-state index is 2.45. The van der Waals surface area contributed by atoms with Crippen molar-refractivity contribution in [2.24, 2.45) is 14.1 Å². The van der Waals surface area contributed by atoms with Crippen LogP contribution in [0.5, 0.6) is 0 Å². The Morgan fingerprint density at radius 2 is 1.36 bits per heavy atom. The van der Waals surface area contributed by atoms with E-state index in [9.17, 15) is 0 Å². The Morgan fingerprint density at radius 1 is 0.679 bits per heavy atom. The summed E-state index contributed by atoms with van der Waals surface area (Å²) in [4.78, 5) is 0. The molecule has 0 atom stereocenters. The Balaban J connectivity index is 1.74. The van der Waals surface area contributed by atoms with Gasteiger partial charge in [-0.25, -0.2) is 0 Å². The fraction of sp³-hybridized carbons (Fsp3) is 0.154. The molecule has 6 rings (SSSR count). The van der Waals surface area contributed by atoms with Gasteiger partial charge in [-0.3, -0.25) is 0 Å². The van der Waals surface area contributed by atoms with Gasteiger partial charge in [0.1, 0.15) is 0 Å². The molecule has 2 nitrogen and oxygen atoms in total. The fourth-order valence-corrected chi connectivity index (χ4v) is 5.17. The maximum absolute atomic E-state index is 2.45. The third-order valence-corrected chi connectivity index (χ3v) is 6.46. The Bertz CT molecular complexity index is 1430. The van der Waals surface area contributed by atoms with E-state index in [4.69, 9.17) is 0 Å². The van der Waals surface area contributed by atoms with Crippen LogP contribution in [0.1, 0.15) is 23.2 Å². The normalized spacial score (nSPS) is 14.0. The third kappa shape index (κ3) is 1.92. The minimum atomic E-state index is 1.09. The van der Waals surface area contributed by atoms with Gasteiger partial charge in [-0.1, -0.05) is 54.6 Å². The van der Waals surface area contributed by atoms with Crippen LogP contribution in [0.4, 0.5) is 0 Å². The van der Waals surface area contributed by atoms with E-state index < -0.39 is 0 Å². The van der Waals surface area contributed by atoms with Gasteiger partial charge in [0.15, 0.2) is 0 Å². The van der Waals surface area contributed by atoms with E-state index >= 15 is 0 Å². The number of fused-ring (bicyclic) bond motifs is 6. The quantitative estimate of drug-likeness (QED) is 0.336. The molecule has 0 bridgehead atoms. The molecule has 0 spiro atoms. The topological polar surface area (TPSA) is 9.86 Å². The Labute approximate surface area is 164 Å². The highest BCUT2D eigenvalue weighted by molar-refractivity contribution is 6.15. The van der Waals surface area contributed by atoms with E-state index in [0.29, 0.717) is 0 Å². The van der Waals surface area contributed by atoms with Crippen LogP contribution in [0.3, 0.4) is 0 Å². The number of rotatable bonds is 1. The van der Waals surface area contributed by atoms with Gasteiger partial charge in [-0.2, -0.15) is 0 Å². The molecule has 0 radical (unpaired) electrons. The van der Waals surface area contributed by atoms with E-state index in [1.807, 2.05) is 0 Å². The largest absolute Gasteiger partial charge is 0.347 e. The van der Waals surface area contributed by atoms with E-state index in [-0.39, 0.29) is 0 Å². The smallest absolute Gasteiger partial charge is 0.0495 e. The molecular formula is C26H22N2. The summed E-state index contributed by atoms with van der Waals surface area (Å²) in [6.07, 6.45) is 4.65. The zero-order valence-corrected chi connectivity index (χ0v) is 16.2. The van der Waals surface area contributed by atoms with Gasteiger partial charge in [0.2, 0.25) is 0 Å². The number of para-hydroxylation sites is 2. The molecule has 2 heteroatoms. The number of nitrogens with zero attached hydrogens (tertiary/aromatic N) is 2. The molecule has 0 aliphatic heterocycles. The summed E-state index contributed by atoms with van der Waals surface area (Å²) >= 11 is 0. The summed E-state index contributed by atoms with van der Waals surface area (Å²) in [7, 11) is 4.38. The number of allylic oxidation sites excluding steroid dienone is 1. The van der Waals surface area contributed by atoms with Crippen LogP contribution in [-0.2, 0) is 20.5 Å². The van der Waals surface area contributed by atoms with Gasteiger partial charge < -0.3 is 9.13 Å². The molecule has 0 saturated carbocycles. The van der Waals surface area contributed by atoms with E-state index in [1.54, 1.807) is 0 Å². The number of hydrogen-bond acceptors (Lipinski definition) is 0. The number of aryl methyl sites for hydroxylation is 2. The van der Waals surface area contributed by atoms with E-state index in [0.717, 1.165) is 12.8 Å². The lowest BCUT2D eigenvalue weighted by atomic mass is 9.87. The number of hydrogen-bond donors (Lipinski definition) is 0. The van der Waals surface area contributed by atoms with Crippen LogP contribution in [-0.4, -0.2) is 9.13 Å². The average Bonchev–Trinajstić information content (AvgIpc) is 3.21. The Morgan fingerprint density at radius 3 is 2.18 bits per heavy atom. The lowest BCUT2D eigenvalue weighted by Gasteiger charge is -2.17. The summed E-state index contributed by atoms with van der Waals surface area (Å²) in [5.74, 6) is 0. The lowest BCUT2D eigenvalue weighted by Crippen LogP contribution is -2.04. The first-order valence-electron chi connectivity index (χ1n) is 9.99. The van der Waals surface area contributed by atoms with E-state index in [1.165, 1.54) is 55.1 Å². The fourth-order valence-electron chi connectivity index (χ4n) is 5.17. The zero-order valence-electron chi connectivity index (χ0n) is 16.2. The van der Waals surface area contributed by atoms with Crippen LogP contribution in [0.2, 0.25) is 0 Å². The van der Waals surface area contributed by atoms with Crippen LogP contribution >= 0.6 is 0 Å². The molecule has 0 fully saturated rings. The monoisotopic (exact) mass is 362 g/mol. The molecule has 2 aromatic heterocycles.